The van der Waals surface area contributed by atoms with Crippen molar-refractivity contribution in [2.24, 2.45) is 0 Å². The summed E-state index contributed by atoms with van der Waals surface area (Å²) in [6, 6.07) is 61.4. The Bertz CT molecular complexity index is 2830. The van der Waals surface area contributed by atoms with E-state index in [0.717, 1.165) is 28.2 Å². The summed E-state index contributed by atoms with van der Waals surface area (Å²) in [6.45, 7) is 4.86. The summed E-state index contributed by atoms with van der Waals surface area (Å²) in [5.41, 5.74) is 12.8. The predicted octanol–water partition coefficient (Wildman–Crippen LogP) is 12.0. The number of nitrogens with zero attached hydrogens (tertiary/aromatic N) is 2. The van der Waals surface area contributed by atoms with Crippen LogP contribution in [0.15, 0.2) is 170 Å². The molecule has 0 saturated carbocycles. The van der Waals surface area contributed by atoms with Crippen molar-refractivity contribution in [2.75, 3.05) is 0 Å². The number of thiophene rings is 1. The molecule has 2 nitrogen and oxygen atoms in total. The quantitative estimate of drug-likeness (QED) is 0.167. The second kappa shape index (κ2) is 12.1. The minimum absolute atomic E-state index is 0.778. The number of hydrogen-bond donors (Lipinski definition) is 0. The lowest BCUT2D eigenvalue weighted by molar-refractivity contribution is 1.21. The first kappa shape index (κ1) is 30.8. The van der Waals surface area contributed by atoms with Gasteiger partial charge in [-0.3, -0.25) is 0 Å². The van der Waals surface area contributed by atoms with Crippen LogP contribution in [0.5, 0.6) is 0 Å². The Balaban J connectivity index is 1.11. The van der Waals surface area contributed by atoms with E-state index in [1.54, 1.807) is 0 Å². The van der Waals surface area contributed by atoms with Crippen LogP contribution in [0.4, 0.5) is 0 Å². The van der Waals surface area contributed by atoms with Gasteiger partial charge in [-0.05, 0) is 68.4 Å². The second-order valence-electron chi connectivity index (χ2n) is 14.2. The number of benzene rings is 7. The molecule has 7 aromatic carbocycles. The molecular weight excluding hydrogens is 665 g/mol. The third-order valence-corrected chi connectivity index (χ3v) is 15.2. The van der Waals surface area contributed by atoms with Crippen molar-refractivity contribution in [1.82, 2.24) is 9.97 Å². The van der Waals surface area contributed by atoms with Gasteiger partial charge in [-0.1, -0.05) is 159 Å². The summed E-state index contributed by atoms with van der Waals surface area (Å²) in [7, 11) is -2.10. The van der Waals surface area contributed by atoms with E-state index in [4.69, 9.17) is 9.97 Å². The summed E-state index contributed by atoms with van der Waals surface area (Å²) >= 11 is 1.88. The van der Waals surface area contributed by atoms with Gasteiger partial charge < -0.3 is 0 Å². The van der Waals surface area contributed by atoms with Gasteiger partial charge in [0.2, 0.25) is 0 Å². The first-order valence-electron chi connectivity index (χ1n) is 17.8. The number of hydrogen-bond acceptors (Lipinski definition) is 3. The number of aromatic nitrogens is 2. The molecule has 0 amide bonds. The molecule has 0 fully saturated rings. The Hall–Kier alpha value is -5.94. The van der Waals surface area contributed by atoms with Crippen LogP contribution in [0.1, 0.15) is 0 Å². The maximum atomic E-state index is 5.46. The maximum Gasteiger partial charge on any atom is 0.159 e. The Morgan fingerprint density at radius 2 is 1.00 bits per heavy atom. The van der Waals surface area contributed by atoms with Crippen LogP contribution in [0.25, 0.3) is 87.3 Å². The lowest BCUT2D eigenvalue weighted by Gasteiger charge is -2.19. The predicted molar refractivity (Wildman–Crippen MR) is 224 cm³/mol. The molecule has 4 heteroatoms. The second-order valence-corrected chi connectivity index (χ2v) is 19.5. The van der Waals surface area contributed by atoms with E-state index in [2.05, 4.69) is 183 Å². The zero-order valence-corrected chi connectivity index (χ0v) is 30.8. The molecule has 0 bridgehead atoms. The summed E-state index contributed by atoms with van der Waals surface area (Å²) in [6.07, 6.45) is 0. The highest BCUT2D eigenvalue weighted by molar-refractivity contribution is 7.26. The van der Waals surface area contributed by atoms with Crippen molar-refractivity contribution in [2.45, 2.75) is 13.1 Å². The molecule has 1 aliphatic rings. The van der Waals surface area contributed by atoms with Crippen molar-refractivity contribution in [3.05, 3.63) is 170 Å². The number of fused-ring (bicyclic) bond motifs is 6. The van der Waals surface area contributed by atoms with Crippen molar-refractivity contribution in [3.63, 3.8) is 0 Å². The van der Waals surface area contributed by atoms with Gasteiger partial charge in [0, 0.05) is 42.2 Å². The van der Waals surface area contributed by atoms with Gasteiger partial charge in [0.1, 0.15) is 8.07 Å². The molecule has 52 heavy (non-hydrogen) atoms. The molecule has 0 spiro atoms. The summed E-state index contributed by atoms with van der Waals surface area (Å²) < 4.78 is 2.65. The van der Waals surface area contributed by atoms with Gasteiger partial charge in [-0.2, -0.15) is 0 Å². The molecule has 3 heterocycles. The van der Waals surface area contributed by atoms with E-state index < -0.39 is 8.07 Å². The highest BCUT2D eigenvalue weighted by Crippen LogP contribution is 2.41. The minimum Gasteiger partial charge on any atom is -0.237 e. The molecule has 2 aromatic heterocycles. The Morgan fingerprint density at radius 1 is 0.442 bits per heavy atom. The van der Waals surface area contributed by atoms with Gasteiger partial charge in [0.25, 0.3) is 0 Å². The smallest absolute Gasteiger partial charge is 0.159 e. The van der Waals surface area contributed by atoms with Gasteiger partial charge >= 0.3 is 0 Å². The van der Waals surface area contributed by atoms with Crippen molar-refractivity contribution in [1.29, 1.82) is 0 Å². The molecule has 0 N–H and O–H groups in total. The standard InChI is InChI=1S/C48H34N2SSi/c1-52(2)43-27-9-7-23-41(43)44-45(36-20-11-16-32(29-36)31-14-4-3-5-15-31)49-47(50-48(44)52)37-21-12-18-34(30-37)33-17-10-19-35(28-33)38-24-13-25-40-39-22-6-8-26-42(39)51-46(38)40/h3-30H,1-2H3. The fourth-order valence-electron chi connectivity index (χ4n) is 8.04. The molecule has 0 atom stereocenters. The fraction of sp³-hybridized carbons (Fsp3) is 0.0417. The van der Waals surface area contributed by atoms with E-state index in [0.29, 0.717) is 0 Å². The summed E-state index contributed by atoms with van der Waals surface area (Å²) in [5, 5.41) is 5.28. The molecular formula is C48H34N2SSi. The zero-order valence-electron chi connectivity index (χ0n) is 29.0. The average Bonchev–Trinajstić information content (AvgIpc) is 3.70. The third-order valence-electron chi connectivity index (χ3n) is 10.6. The monoisotopic (exact) mass is 698 g/mol. The highest BCUT2D eigenvalue weighted by atomic mass is 32.1. The Labute approximate surface area is 308 Å². The molecule has 0 saturated heterocycles. The van der Waals surface area contributed by atoms with Crippen LogP contribution in [-0.2, 0) is 0 Å². The van der Waals surface area contributed by atoms with Crippen LogP contribution < -0.4 is 10.5 Å². The van der Waals surface area contributed by atoms with Crippen LogP contribution in [-0.4, -0.2) is 18.0 Å². The summed E-state index contributed by atoms with van der Waals surface area (Å²) in [5.74, 6) is 0.778. The average molecular weight is 699 g/mol. The van der Waals surface area contributed by atoms with Gasteiger partial charge in [0.05, 0.1) is 5.69 Å². The Kier molecular flexibility index (Phi) is 7.17. The fourth-order valence-corrected chi connectivity index (χ4v) is 12.2. The molecule has 0 radical (unpaired) electrons. The van der Waals surface area contributed by atoms with E-state index >= 15 is 0 Å². The van der Waals surface area contributed by atoms with Crippen LogP contribution in [0, 0.1) is 0 Å². The number of rotatable bonds is 5. The molecule has 0 aliphatic carbocycles. The van der Waals surface area contributed by atoms with Crippen LogP contribution in [0.3, 0.4) is 0 Å². The normalized spacial score (nSPS) is 13.0. The first-order valence-corrected chi connectivity index (χ1v) is 21.6. The largest absolute Gasteiger partial charge is 0.237 e. The van der Waals surface area contributed by atoms with E-state index in [-0.39, 0.29) is 0 Å². The SMILES string of the molecule is C[Si]1(C)c2ccccc2-c2c(-c3cccc(-c4ccccc4)c3)nc(-c3cccc(-c4cccc(-c5cccc6c5sc5ccccc56)c4)c3)nc21. The maximum absolute atomic E-state index is 5.46. The van der Waals surface area contributed by atoms with Crippen LogP contribution >= 0.6 is 11.3 Å². The van der Waals surface area contributed by atoms with Gasteiger partial charge in [-0.25, -0.2) is 9.97 Å². The molecule has 246 valence electrons. The first-order chi connectivity index (χ1) is 25.5. The zero-order chi connectivity index (χ0) is 34.8. The van der Waals surface area contributed by atoms with Crippen molar-refractivity contribution in [3.8, 4) is 67.2 Å². The lowest BCUT2D eigenvalue weighted by atomic mass is 9.96. The molecule has 0 unspecified atom stereocenters. The third kappa shape index (κ3) is 4.98. The Morgan fingerprint density at radius 3 is 1.83 bits per heavy atom. The van der Waals surface area contributed by atoms with Crippen molar-refractivity contribution < 1.29 is 0 Å². The van der Waals surface area contributed by atoms with E-state index in [9.17, 15) is 0 Å². The summed E-state index contributed by atoms with van der Waals surface area (Å²) in [4.78, 5) is 10.9. The topological polar surface area (TPSA) is 25.8 Å². The van der Waals surface area contributed by atoms with E-state index in [1.807, 2.05) is 11.3 Å². The minimum atomic E-state index is -2.10. The van der Waals surface area contributed by atoms with Crippen molar-refractivity contribution >= 4 is 50.1 Å². The highest BCUT2D eigenvalue weighted by Gasteiger charge is 2.41. The molecule has 9 aromatic rings. The molecule has 10 rings (SSSR count). The van der Waals surface area contributed by atoms with Gasteiger partial charge in [-0.15, -0.1) is 11.3 Å². The van der Waals surface area contributed by atoms with Gasteiger partial charge in [0.15, 0.2) is 5.82 Å². The molecule has 1 aliphatic heterocycles. The van der Waals surface area contributed by atoms with E-state index in [1.165, 1.54) is 69.6 Å². The van der Waals surface area contributed by atoms with Crippen LogP contribution in [0.2, 0.25) is 13.1 Å². The lowest BCUT2D eigenvalue weighted by Crippen LogP contribution is -2.50.